The number of nitro benzene ring substituents is 1. The molecule has 2 N–H and O–H groups in total. The molecule has 0 saturated carbocycles. The van der Waals surface area contributed by atoms with Gasteiger partial charge in [0.2, 0.25) is 0 Å². The van der Waals surface area contributed by atoms with Crippen LogP contribution >= 0.6 is 0 Å². The summed E-state index contributed by atoms with van der Waals surface area (Å²) in [5.41, 5.74) is -0.821. The number of nitrogens with zero attached hydrogens (tertiary/aromatic N) is 1. The second-order valence-electron chi connectivity index (χ2n) is 6.68. The summed E-state index contributed by atoms with van der Waals surface area (Å²) in [7, 11) is 0. The number of rotatable bonds is 4. The molecule has 0 bridgehead atoms. The molecule has 0 heterocycles. The van der Waals surface area contributed by atoms with Crippen LogP contribution in [0.2, 0.25) is 0 Å². The number of nitro groups is 1. The summed E-state index contributed by atoms with van der Waals surface area (Å²) in [6, 6.07) is 13.2. The third kappa shape index (κ3) is 3.23. The van der Waals surface area contributed by atoms with Gasteiger partial charge in [-0.1, -0.05) is 24.3 Å². The lowest BCUT2D eigenvalue weighted by Crippen LogP contribution is -2.25. The lowest BCUT2D eigenvalue weighted by molar-refractivity contribution is -0.384. The van der Waals surface area contributed by atoms with E-state index in [0.29, 0.717) is 0 Å². The average Bonchev–Trinajstić information content (AvgIpc) is 2.77. The van der Waals surface area contributed by atoms with Crippen molar-refractivity contribution in [3.8, 4) is 0 Å². The van der Waals surface area contributed by atoms with Crippen LogP contribution in [-0.4, -0.2) is 33.5 Å². The summed E-state index contributed by atoms with van der Waals surface area (Å²) in [6.45, 7) is 0. The second-order valence-corrected chi connectivity index (χ2v) is 6.68. The number of benzene rings is 3. The predicted molar refractivity (Wildman–Crippen MR) is 108 cm³/mol. The van der Waals surface area contributed by atoms with E-state index in [1.165, 1.54) is 30.3 Å². The molecule has 0 saturated heterocycles. The van der Waals surface area contributed by atoms with Crippen LogP contribution in [0.4, 0.5) is 11.4 Å². The van der Waals surface area contributed by atoms with Gasteiger partial charge >= 0.3 is 5.97 Å². The Morgan fingerprint density at radius 1 is 0.839 bits per heavy atom. The van der Waals surface area contributed by atoms with Crippen molar-refractivity contribution in [3.63, 3.8) is 0 Å². The SMILES string of the molecule is O=C(Nc1c(C(=O)O)ccc2c1C(=O)c1ccccc1C2=O)c1ccc([N+](=O)[O-])cc1. The molecule has 0 atom stereocenters. The molecule has 9 nitrogen and oxygen atoms in total. The molecule has 31 heavy (non-hydrogen) atoms. The van der Waals surface area contributed by atoms with Gasteiger partial charge in [-0.15, -0.1) is 0 Å². The molecular weight excluding hydrogens is 404 g/mol. The molecule has 0 aliphatic heterocycles. The zero-order valence-electron chi connectivity index (χ0n) is 15.6. The fourth-order valence-corrected chi connectivity index (χ4v) is 3.41. The molecule has 1 aliphatic rings. The number of carboxylic acid groups (broad SMARTS) is 1. The topological polar surface area (TPSA) is 144 Å². The van der Waals surface area contributed by atoms with Gasteiger partial charge in [0, 0.05) is 34.4 Å². The number of ketones is 2. The minimum atomic E-state index is -1.40. The monoisotopic (exact) mass is 416 g/mol. The molecule has 9 heteroatoms. The Morgan fingerprint density at radius 2 is 1.45 bits per heavy atom. The number of carbonyl (C=O) groups is 4. The molecular formula is C22H12N2O7. The summed E-state index contributed by atoms with van der Waals surface area (Å²) < 4.78 is 0. The fraction of sp³-hybridized carbons (Fsp3) is 0. The van der Waals surface area contributed by atoms with Crippen LogP contribution in [0.25, 0.3) is 0 Å². The van der Waals surface area contributed by atoms with Crippen LogP contribution in [0.5, 0.6) is 0 Å². The van der Waals surface area contributed by atoms with E-state index in [2.05, 4.69) is 5.32 Å². The standard InChI is InChI=1S/C22H12N2O7/c25-19-13-3-1-2-4-14(13)20(26)17-15(19)9-10-16(22(28)29)18(17)23-21(27)11-5-7-12(8-6-11)24(30)31/h1-10H,(H,23,27)(H,28,29). The normalized spacial score (nSPS) is 12.0. The third-order valence-corrected chi connectivity index (χ3v) is 4.90. The minimum Gasteiger partial charge on any atom is -0.478 e. The van der Waals surface area contributed by atoms with Gasteiger partial charge in [-0.3, -0.25) is 24.5 Å². The number of carboxylic acids is 1. The first kappa shape index (κ1) is 19.6. The first-order valence-electron chi connectivity index (χ1n) is 8.94. The largest absolute Gasteiger partial charge is 0.478 e. The highest BCUT2D eigenvalue weighted by Gasteiger charge is 2.34. The van der Waals surface area contributed by atoms with Crippen LogP contribution in [0.1, 0.15) is 52.6 Å². The van der Waals surface area contributed by atoms with E-state index >= 15 is 0 Å². The molecule has 4 rings (SSSR count). The maximum absolute atomic E-state index is 13.1. The molecule has 0 unspecified atom stereocenters. The Bertz CT molecular complexity index is 1310. The molecule has 0 radical (unpaired) electrons. The van der Waals surface area contributed by atoms with E-state index in [-0.39, 0.29) is 44.8 Å². The van der Waals surface area contributed by atoms with Crippen molar-refractivity contribution >= 4 is 34.8 Å². The zero-order valence-corrected chi connectivity index (χ0v) is 15.6. The number of amides is 1. The van der Waals surface area contributed by atoms with Crippen LogP contribution in [0.15, 0.2) is 60.7 Å². The highest BCUT2D eigenvalue weighted by molar-refractivity contribution is 6.31. The Balaban J connectivity index is 1.83. The fourth-order valence-electron chi connectivity index (χ4n) is 3.41. The summed E-state index contributed by atoms with van der Waals surface area (Å²) in [5.74, 6) is -3.24. The van der Waals surface area contributed by atoms with Crippen LogP contribution in [0.3, 0.4) is 0 Å². The highest BCUT2D eigenvalue weighted by Crippen LogP contribution is 2.34. The molecule has 3 aromatic carbocycles. The molecule has 0 fully saturated rings. The van der Waals surface area contributed by atoms with Crippen molar-refractivity contribution in [2.24, 2.45) is 0 Å². The van der Waals surface area contributed by atoms with Crippen molar-refractivity contribution in [3.05, 3.63) is 104 Å². The van der Waals surface area contributed by atoms with Gasteiger partial charge in [-0.2, -0.15) is 0 Å². The Labute approximate surface area is 174 Å². The van der Waals surface area contributed by atoms with Gasteiger partial charge in [-0.25, -0.2) is 4.79 Å². The van der Waals surface area contributed by atoms with E-state index in [1.807, 2.05) is 0 Å². The lowest BCUT2D eigenvalue weighted by Gasteiger charge is -2.21. The smallest absolute Gasteiger partial charge is 0.337 e. The third-order valence-electron chi connectivity index (χ3n) is 4.90. The van der Waals surface area contributed by atoms with Crippen LogP contribution in [0, 0.1) is 10.1 Å². The Morgan fingerprint density at radius 3 is 2.03 bits per heavy atom. The van der Waals surface area contributed by atoms with Gasteiger partial charge in [0.25, 0.3) is 11.6 Å². The second kappa shape index (κ2) is 7.30. The van der Waals surface area contributed by atoms with Crippen LogP contribution in [-0.2, 0) is 0 Å². The number of fused-ring (bicyclic) bond motifs is 2. The molecule has 1 amide bonds. The first-order chi connectivity index (χ1) is 14.8. The van der Waals surface area contributed by atoms with Gasteiger partial charge < -0.3 is 10.4 Å². The van der Waals surface area contributed by atoms with E-state index in [0.717, 1.165) is 18.2 Å². The predicted octanol–water partition coefficient (Wildman–Crippen LogP) is 3.32. The number of aromatic carboxylic acids is 1. The maximum atomic E-state index is 13.1. The number of hydrogen-bond acceptors (Lipinski definition) is 6. The summed E-state index contributed by atoms with van der Waals surface area (Å²) in [6.07, 6.45) is 0. The number of anilines is 1. The minimum absolute atomic E-state index is 0.00882. The van der Waals surface area contributed by atoms with Crippen molar-refractivity contribution in [1.82, 2.24) is 0 Å². The maximum Gasteiger partial charge on any atom is 0.337 e. The molecule has 0 spiro atoms. The molecule has 0 aromatic heterocycles. The van der Waals surface area contributed by atoms with E-state index in [4.69, 9.17) is 0 Å². The van der Waals surface area contributed by atoms with Crippen LogP contribution < -0.4 is 5.32 Å². The summed E-state index contributed by atoms with van der Waals surface area (Å²) in [5, 5.41) is 22.8. The van der Waals surface area contributed by atoms with Gasteiger partial charge in [0.1, 0.15) is 0 Å². The Kier molecular flexibility index (Phi) is 4.63. The van der Waals surface area contributed by atoms with Crippen molar-refractivity contribution in [2.45, 2.75) is 0 Å². The van der Waals surface area contributed by atoms with E-state index in [1.54, 1.807) is 12.1 Å². The first-order valence-corrected chi connectivity index (χ1v) is 8.94. The number of carbonyl (C=O) groups excluding carboxylic acids is 3. The number of non-ortho nitro benzene ring substituents is 1. The Hall–Kier alpha value is -4.66. The van der Waals surface area contributed by atoms with E-state index in [9.17, 15) is 34.4 Å². The number of hydrogen-bond donors (Lipinski definition) is 2. The summed E-state index contributed by atoms with van der Waals surface area (Å²) in [4.78, 5) is 60.6. The zero-order chi connectivity index (χ0) is 22.3. The molecule has 152 valence electrons. The lowest BCUT2D eigenvalue weighted by atomic mass is 9.82. The average molecular weight is 416 g/mol. The number of nitrogens with one attached hydrogen (secondary N) is 1. The molecule has 1 aliphatic carbocycles. The van der Waals surface area contributed by atoms with Crippen molar-refractivity contribution < 1.29 is 29.2 Å². The van der Waals surface area contributed by atoms with Crippen molar-refractivity contribution in [2.75, 3.05) is 5.32 Å². The summed E-state index contributed by atoms with van der Waals surface area (Å²) >= 11 is 0. The van der Waals surface area contributed by atoms with Gasteiger partial charge in [0.15, 0.2) is 11.6 Å². The highest BCUT2D eigenvalue weighted by atomic mass is 16.6. The van der Waals surface area contributed by atoms with Gasteiger partial charge in [0.05, 0.1) is 21.7 Å². The molecule has 3 aromatic rings. The van der Waals surface area contributed by atoms with Crippen molar-refractivity contribution in [1.29, 1.82) is 0 Å². The van der Waals surface area contributed by atoms with Gasteiger partial charge in [-0.05, 0) is 24.3 Å². The quantitative estimate of drug-likeness (QED) is 0.383. The van der Waals surface area contributed by atoms with E-state index < -0.39 is 28.4 Å².